The van der Waals surface area contributed by atoms with Crippen molar-refractivity contribution in [1.82, 2.24) is 5.43 Å². The normalized spacial score (nSPS) is 10.5. The number of carbonyl (C=O) groups is 3. The number of para-hydroxylation sites is 1. The molecule has 3 amide bonds. The number of hydrogen-bond acceptors (Lipinski definition) is 4. The highest BCUT2D eigenvalue weighted by atomic mass is 35.5. The van der Waals surface area contributed by atoms with Gasteiger partial charge in [-0.3, -0.25) is 14.4 Å². The summed E-state index contributed by atoms with van der Waals surface area (Å²) in [5, 5.41) is 9.83. The minimum atomic E-state index is -1.00. The summed E-state index contributed by atoms with van der Waals surface area (Å²) in [6, 6.07) is 19.7. The van der Waals surface area contributed by atoms with Crippen LogP contribution in [0.5, 0.6) is 0 Å². The van der Waals surface area contributed by atoms with Crippen molar-refractivity contribution in [3.63, 3.8) is 0 Å². The van der Waals surface area contributed by atoms with Gasteiger partial charge in [0.1, 0.15) is 0 Å². The average Bonchev–Trinajstić information content (AvgIpc) is 2.77. The van der Waals surface area contributed by atoms with Gasteiger partial charge in [0, 0.05) is 21.3 Å². The summed E-state index contributed by atoms with van der Waals surface area (Å²) >= 11 is 11.8. The van der Waals surface area contributed by atoms with Crippen molar-refractivity contribution in [2.75, 3.05) is 10.6 Å². The lowest BCUT2D eigenvalue weighted by molar-refractivity contribution is -0.136. The standard InChI is InChI=1S/C22H16Cl2N4O3/c23-15-9-11-16(12-10-15)26-20(29)17-6-2-4-8-19(17)27-21(30)22(31)28-25-13-14-5-1-3-7-18(14)24/h1-13H,(H,26,29)(H,27,30)(H,28,31)/b25-13-. The molecule has 0 saturated heterocycles. The zero-order valence-electron chi connectivity index (χ0n) is 15.9. The van der Waals surface area contributed by atoms with Gasteiger partial charge < -0.3 is 10.6 Å². The number of benzene rings is 3. The summed E-state index contributed by atoms with van der Waals surface area (Å²) in [6.45, 7) is 0. The lowest BCUT2D eigenvalue weighted by Crippen LogP contribution is -2.33. The molecule has 0 fully saturated rings. The Morgan fingerprint density at radius 1 is 0.774 bits per heavy atom. The second-order valence-corrected chi connectivity index (χ2v) is 7.03. The van der Waals surface area contributed by atoms with Gasteiger partial charge in [0.15, 0.2) is 0 Å². The molecule has 3 aromatic rings. The number of nitrogens with zero attached hydrogens (tertiary/aromatic N) is 1. The molecule has 0 atom stereocenters. The second kappa shape index (κ2) is 10.4. The first kappa shape index (κ1) is 22.0. The summed E-state index contributed by atoms with van der Waals surface area (Å²) in [5.74, 6) is -2.45. The number of nitrogens with one attached hydrogen (secondary N) is 3. The minimum absolute atomic E-state index is 0.171. The molecule has 9 heteroatoms. The molecule has 0 bridgehead atoms. The van der Waals surface area contributed by atoms with E-state index in [2.05, 4.69) is 21.2 Å². The summed E-state index contributed by atoms with van der Waals surface area (Å²) in [4.78, 5) is 36.9. The molecule has 3 N–H and O–H groups in total. The number of rotatable bonds is 5. The fourth-order valence-electron chi connectivity index (χ4n) is 2.49. The van der Waals surface area contributed by atoms with Crippen LogP contribution >= 0.6 is 23.2 Å². The predicted octanol–water partition coefficient (Wildman–Crippen LogP) is 4.33. The Morgan fingerprint density at radius 3 is 2.19 bits per heavy atom. The van der Waals surface area contributed by atoms with Crippen LogP contribution in [0, 0.1) is 0 Å². The molecule has 3 rings (SSSR count). The molecule has 31 heavy (non-hydrogen) atoms. The number of amides is 3. The van der Waals surface area contributed by atoms with Gasteiger partial charge in [0.05, 0.1) is 17.5 Å². The highest BCUT2D eigenvalue weighted by Gasteiger charge is 2.17. The third-order valence-corrected chi connectivity index (χ3v) is 4.60. The molecule has 3 aromatic carbocycles. The lowest BCUT2D eigenvalue weighted by Gasteiger charge is -2.11. The fourth-order valence-corrected chi connectivity index (χ4v) is 2.80. The Bertz CT molecular complexity index is 1150. The van der Waals surface area contributed by atoms with Crippen molar-refractivity contribution in [2.24, 2.45) is 5.10 Å². The number of hydrazone groups is 1. The monoisotopic (exact) mass is 454 g/mol. The summed E-state index contributed by atoms with van der Waals surface area (Å²) in [7, 11) is 0. The van der Waals surface area contributed by atoms with E-state index in [-0.39, 0.29) is 11.3 Å². The van der Waals surface area contributed by atoms with Crippen LogP contribution in [-0.2, 0) is 9.59 Å². The van der Waals surface area contributed by atoms with E-state index in [1.54, 1.807) is 60.7 Å². The molecule has 156 valence electrons. The Kier molecular flexibility index (Phi) is 7.37. The van der Waals surface area contributed by atoms with Crippen molar-refractivity contribution in [3.8, 4) is 0 Å². The molecule has 0 unspecified atom stereocenters. The van der Waals surface area contributed by atoms with Crippen LogP contribution in [0.25, 0.3) is 0 Å². The minimum Gasteiger partial charge on any atom is -0.322 e. The quantitative estimate of drug-likeness (QED) is 0.303. The fraction of sp³-hybridized carbons (Fsp3) is 0. The van der Waals surface area contributed by atoms with E-state index in [0.29, 0.717) is 21.3 Å². The van der Waals surface area contributed by atoms with Gasteiger partial charge in [-0.2, -0.15) is 5.10 Å². The number of hydrogen-bond donors (Lipinski definition) is 3. The van der Waals surface area contributed by atoms with E-state index >= 15 is 0 Å². The van der Waals surface area contributed by atoms with Crippen LogP contribution in [-0.4, -0.2) is 23.9 Å². The maximum Gasteiger partial charge on any atom is 0.329 e. The van der Waals surface area contributed by atoms with Crippen molar-refractivity contribution < 1.29 is 14.4 Å². The summed E-state index contributed by atoms with van der Waals surface area (Å²) in [6.07, 6.45) is 1.32. The van der Waals surface area contributed by atoms with E-state index in [1.807, 2.05) is 0 Å². The van der Waals surface area contributed by atoms with Gasteiger partial charge >= 0.3 is 11.8 Å². The third kappa shape index (κ3) is 6.15. The highest BCUT2D eigenvalue weighted by Crippen LogP contribution is 2.19. The molecule has 0 saturated carbocycles. The van der Waals surface area contributed by atoms with E-state index in [1.165, 1.54) is 18.3 Å². The zero-order chi connectivity index (χ0) is 22.2. The average molecular weight is 455 g/mol. The first-order chi connectivity index (χ1) is 14.9. The molecule has 0 aliphatic carbocycles. The Hall–Kier alpha value is -3.68. The Labute approximate surface area is 188 Å². The first-order valence-corrected chi connectivity index (χ1v) is 9.74. The van der Waals surface area contributed by atoms with Crippen LogP contribution in [0.2, 0.25) is 10.0 Å². The molecule has 0 heterocycles. The highest BCUT2D eigenvalue weighted by molar-refractivity contribution is 6.40. The van der Waals surface area contributed by atoms with Crippen LogP contribution in [0.1, 0.15) is 15.9 Å². The van der Waals surface area contributed by atoms with Crippen LogP contribution < -0.4 is 16.1 Å². The molecular weight excluding hydrogens is 439 g/mol. The largest absolute Gasteiger partial charge is 0.329 e. The van der Waals surface area contributed by atoms with Crippen LogP contribution in [0.3, 0.4) is 0 Å². The predicted molar refractivity (Wildman–Crippen MR) is 122 cm³/mol. The van der Waals surface area contributed by atoms with Crippen molar-refractivity contribution in [2.45, 2.75) is 0 Å². The van der Waals surface area contributed by atoms with E-state index in [0.717, 1.165) is 0 Å². The number of halogens is 2. The molecular formula is C22H16Cl2N4O3. The second-order valence-electron chi connectivity index (χ2n) is 6.18. The smallest absolute Gasteiger partial charge is 0.322 e. The van der Waals surface area contributed by atoms with Gasteiger partial charge in [0.25, 0.3) is 5.91 Å². The molecule has 0 spiro atoms. The van der Waals surface area contributed by atoms with Gasteiger partial charge in [0.2, 0.25) is 0 Å². The number of carbonyl (C=O) groups excluding carboxylic acids is 3. The van der Waals surface area contributed by atoms with Crippen molar-refractivity contribution in [3.05, 3.63) is 94.0 Å². The first-order valence-electron chi connectivity index (χ1n) is 8.99. The summed E-state index contributed by atoms with van der Waals surface area (Å²) in [5.41, 5.74) is 3.58. The lowest BCUT2D eigenvalue weighted by atomic mass is 10.1. The Morgan fingerprint density at radius 2 is 1.45 bits per heavy atom. The maximum atomic E-state index is 12.6. The molecule has 0 aliphatic rings. The molecule has 0 radical (unpaired) electrons. The molecule has 7 nitrogen and oxygen atoms in total. The van der Waals surface area contributed by atoms with Crippen LogP contribution in [0.4, 0.5) is 11.4 Å². The van der Waals surface area contributed by atoms with Gasteiger partial charge in [-0.15, -0.1) is 0 Å². The molecule has 0 aliphatic heterocycles. The number of anilines is 2. The Balaban J connectivity index is 1.64. The zero-order valence-corrected chi connectivity index (χ0v) is 17.4. The topological polar surface area (TPSA) is 99.7 Å². The van der Waals surface area contributed by atoms with Crippen LogP contribution in [0.15, 0.2) is 77.9 Å². The van der Waals surface area contributed by atoms with E-state index in [9.17, 15) is 14.4 Å². The van der Waals surface area contributed by atoms with E-state index < -0.39 is 17.7 Å². The van der Waals surface area contributed by atoms with Gasteiger partial charge in [-0.1, -0.05) is 53.5 Å². The van der Waals surface area contributed by atoms with E-state index in [4.69, 9.17) is 23.2 Å². The van der Waals surface area contributed by atoms with Gasteiger partial charge in [-0.05, 0) is 42.5 Å². The van der Waals surface area contributed by atoms with Crippen molar-refractivity contribution >= 4 is 58.5 Å². The SMILES string of the molecule is O=C(N/N=C\c1ccccc1Cl)C(=O)Nc1ccccc1C(=O)Nc1ccc(Cl)cc1. The summed E-state index contributed by atoms with van der Waals surface area (Å²) < 4.78 is 0. The molecule has 0 aromatic heterocycles. The maximum absolute atomic E-state index is 12.6. The van der Waals surface area contributed by atoms with Gasteiger partial charge in [-0.25, -0.2) is 5.43 Å². The van der Waals surface area contributed by atoms with Crippen molar-refractivity contribution in [1.29, 1.82) is 0 Å². The third-order valence-electron chi connectivity index (χ3n) is 4.00.